The fourth-order valence-corrected chi connectivity index (χ4v) is 9.30. The Bertz CT molecular complexity index is 3000. The molecule has 0 aliphatic carbocycles. The number of hydrogen-bond donors (Lipinski definition) is 0. The zero-order chi connectivity index (χ0) is 36.0. The molecule has 2 heterocycles. The van der Waals surface area contributed by atoms with Crippen LogP contribution >= 0.6 is 11.3 Å². The molecule has 0 saturated heterocycles. The van der Waals surface area contributed by atoms with Gasteiger partial charge in [0, 0.05) is 26.6 Å². The van der Waals surface area contributed by atoms with Gasteiger partial charge >= 0.3 is 0 Å². The zero-order valence-corrected chi connectivity index (χ0v) is 30.8. The Morgan fingerprint density at radius 3 is 1.98 bits per heavy atom. The minimum Gasteiger partial charge on any atom is -0.227 e. The van der Waals surface area contributed by atoms with E-state index < -0.39 is 0 Å². The van der Waals surface area contributed by atoms with Crippen LogP contribution in [-0.2, 0) is 12.8 Å². The van der Waals surface area contributed by atoms with Crippen LogP contribution < -0.4 is 0 Å². The second-order valence-corrected chi connectivity index (χ2v) is 15.0. The molecular formula is C51H36N2S. The van der Waals surface area contributed by atoms with Gasteiger partial charge in [-0.1, -0.05) is 165 Å². The quantitative estimate of drug-likeness (QED) is 0.154. The van der Waals surface area contributed by atoms with Crippen LogP contribution in [0.3, 0.4) is 0 Å². The molecule has 0 aliphatic rings. The van der Waals surface area contributed by atoms with Crippen molar-refractivity contribution in [3.8, 4) is 44.9 Å². The van der Waals surface area contributed by atoms with Crippen LogP contribution in [0.15, 0.2) is 176 Å². The number of thiophene rings is 1. The van der Waals surface area contributed by atoms with Crippen molar-refractivity contribution in [3.63, 3.8) is 0 Å². The molecule has 3 heteroatoms. The minimum absolute atomic E-state index is 0.759. The number of aromatic nitrogens is 2. The van der Waals surface area contributed by atoms with E-state index in [2.05, 4.69) is 183 Å². The number of fused-ring (bicyclic) bond motifs is 6. The molecule has 0 bridgehead atoms. The number of rotatable bonds is 7. The summed E-state index contributed by atoms with van der Waals surface area (Å²) in [4.78, 5) is 12.0. The molecule has 0 atom stereocenters. The van der Waals surface area contributed by atoms with E-state index in [-0.39, 0.29) is 0 Å². The van der Waals surface area contributed by atoms with E-state index in [9.17, 15) is 0 Å². The van der Waals surface area contributed by atoms with Crippen LogP contribution in [0.25, 0.3) is 86.7 Å². The van der Waals surface area contributed by atoms with E-state index in [1.165, 1.54) is 65.2 Å². The van der Waals surface area contributed by atoms with E-state index >= 15 is 0 Å². The molecule has 0 radical (unpaired) electrons. The lowest BCUT2D eigenvalue weighted by atomic mass is 9.86. The van der Waals surface area contributed by atoms with Gasteiger partial charge in [0.15, 0.2) is 5.82 Å². The summed E-state index contributed by atoms with van der Waals surface area (Å²) in [5.41, 5.74) is 12.1. The Hall–Kier alpha value is -6.42. The predicted octanol–water partition coefficient (Wildman–Crippen LogP) is 14.0. The normalized spacial score (nSPS) is 11.6. The summed E-state index contributed by atoms with van der Waals surface area (Å²) in [5.74, 6) is 0.759. The van der Waals surface area contributed by atoms with Gasteiger partial charge in [0.05, 0.1) is 5.69 Å². The lowest BCUT2D eigenvalue weighted by Gasteiger charge is -2.19. The van der Waals surface area contributed by atoms with Crippen molar-refractivity contribution in [1.29, 1.82) is 0 Å². The van der Waals surface area contributed by atoms with Crippen LogP contribution in [-0.4, -0.2) is 9.97 Å². The standard InChI is InChI=1S/C51H36N2S/c1-2-38-40(45-31-35(34-18-7-4-8-19-34)28-29-37(45)30-33-16-5-3-6-17-33)25-15-26-43(38)49-48-44-24-13-14-27-47(44)54-51(48)53-50(52-49)46-32-36-20-9-10-21-39(36)41-22-11-12-23-42(41)46/h3-29,31-32H,2,30H2,1H3. The van der Waals surface area contributed by atoms with Crippen LogP contribution in [0.5, 0.6) is 0 Å². The third kappa shape index (κ3) is 5.57. The predicted molar refractivity (Wildman–Crippen MR) is 230 cm³/mol. The Kier molecular flexibility index (Phi) is 8.08. The first-order valence-electron chi connectivity index (χ1n) is 18.7. The van der Waals surface area contributed by atoms with E-state index in [1.54, 1.807) is 11.3 Å². The first-order chi connectivity index (χ1) is 26.7. The minimum atomic E-state index is 0.759. The van der Waals surface area contributed by atoms with E-state index in [1.807, 2.05) is 0 Å². The molecule has 10 aromatic rings. The molecule has 2 nitrogen and oxygen atoms in total. The summed E-state index contributed by atoms with van der Waals surface area (Å²) in [6, 6.07) is 63.6. The largest absolute Gasteiger partial charge is 0.227 e. The van der Waals surface area contributed by atoms with Crippen molar-refractivity contribution in [1.82, 2.24) is 9.97 Å². The molecular weight excluding hydrogens is 673 g/mol. The average molecular weight is 709 g/mol. The second kappa shape index (κ2) is 13.5. The molecule has 54 heavy (non-hydrogen) atoms. The van der Waals surface area contributed by atoms with Gasteiger partial charge in [0.1, 0.15) is 4.83 Å². The average Bonchev–Trinajstić information content (AvgIpc) is 3.62. The number of nitrogens with zero attached hydrogens (tertiary/aromatic N) is 2. The summed E-state index contributed by atoms with van der Waals surface area (Å²) < 4.78 is 1.22. The van der Waals surface area contributed by atoms with E-state index in [0.717, 1.165) is 51.1 Å². The Morgan fingerprint density at radius 2 is 1.17 bits per heavy atom. The lowest BCUT2D eigenvalue weighted by Crippen LogP contribution is -2.00. The molecule has 0 spiro atoms. The van der Waals surface area contributed by atoms with E-state index in [4.69, 9.17) is 9.97 Å². The van der Waals surface area contributed by atoms with Crippen molar-refractivity contribution in [2.75, 3.05) is 0 Å². The van der Waals surface area contributed by atoms with Gasteiger partial charge in [-0.15, -0.1) is 11.3 Å². The fourth-order valence-electron chi connectivity index (χ4n) is 8.23. The summed E-state index contributed by atoms with van der Waals surface area (Å²) in [6.45, 7) is 2.28. The topological polar surface area (TPSA) is 25.8 Å². The molecule has 0 saturated carbocycles. The molecule has 0 aliphatic heterocycles. The highest BCUT2D eigenvalue weighted by molar-refractivity contribution is 7.25. The Labute approximate surface area is 319 Å². The van der Waals surface area contributed by atoms with Crippen LogP contribution in [0.1, 0.15) is 23.6 Å². The smallest absolute Gasteiger partial charge is 0.162 e. The second-order valence-electron chi connectivity index (χ2n) is 14.0. The molecule has 8 aromatic carbocycles. The Balaban J connectivity index is 1.24. The highest BCUT2D eigenvalue weighted by Gasteiger charge is 2.22. The number of hydrogen-bond acceptors (Lipinski definition) is 3. The molecule has 0 fully saturated rings. The monoisotopic (exact) mass is 708 g/mol. The number of benzene rings is 8. The summed E-state index contributed by atoms with van der Waals surface area (Å²) in [5, 5.41) is 7.13. The third-order valence-electron chi connectivity index (χ3n) is 10.8. The highest BCUT2D eigenvalue weighted by atomic mass is 32.1. The summed E-state index contributed by atoms with van der Waals surface area (Å²) in [7, 11) is 0. The first-order valence-corrected chi connectivity index (χ1v) is 19.5. The molecule has 256 valence electrons. The zero-order valence-electron chi connectivity index (χ0n) is 30.0. The van der Waals surface area contributed by atoms with Crippen molar-refractivity contribution in [3.05, 3.63) is 193 Å². The maximum Gasteiger partial charge on any atom is 0.162 e. The van der Waals surface area contributed by atoms with Gasteiger partial charge < -0.3 is 0 Å². The molecule has 2 aromatic heterocycles. The van der Waals surface area contributed by atoms with Crippen LogP contribution in [0, 0.1) is 0 Å². The molecule has 10 rings (SSSR count). The third-order valence-corrected chi connectivity index (χ3v) is 11.8. The van der Waals surface area contributed by atoms with Gasteiger partial charge in [-0.3, -0.25) is 0 Å². The maximum atomic E-state index is 5.61. The highest BCUT2D eigenvalue weighted by Crippen LogP contribution is 2.44. The van der Waals surface area contributed by atoms with Crippen molar-refractivity contribution < 1.29 is 0 Å². The van der Waals surface area contributed by atoms with Gasteiger partial charge in [0.2, 0.25) is 0 Å². The maximum absolute atomic E-state index is 5.61. The summed E-state index contributed by atoms with van der Waals surface area (Å²) in [6.07, 6.45) is 1.71. The van der Waals surface area contributed by atoms with Gasteiger partial charge in [-0.25, -0.2) is 9.97 Å². The molecule has 0 amide bonds. The SMILES string of the molecule is CCc1c(-c2cc(-c3ccccc3)ccc2Cc2ccccc2)cccc1-c1nc(-c2cc3ccccc3c3ccccc23)nc2sc3ccccc3c12. The van der Waals surface area contributed by atoms with Gasteiger partial charge in [-0.2, -0.15) is 0 Å². The van der Waals surface area contributed by atoms with Crippen molar-refractivity contribution in [2.45, 2.75) is 19.8 Å². The van der Waals surface area contributed by atoms with Crippen molar-refractivity contribution >= 4 is 53.2 Å². The summed E-state index contributed by atoms with van der Waals surface area (Å²) >= 11 is 1.75. The van der Waals surface area contributed by atoms with Crippen LogP contribution in [0.4, 0.5) is 0 Å². The van der Waals surface area contributed by atoms with Gasteiger partial charge in [-0.05, 0) is 91.5 Å². The first kappa shape index (κ1) is 32.2. The Morgan fingerprint density at radius 1 is 0.481 bits per heavy atom. The van der Waals surface area contributed by atoms with Gasteiger partial charge in [0.25, 0.3) is 0 Å². The molecule has 0 N–H and O–H groups in total. The van der Waals surface area contributed by atoms with Crippen molar-refractivity contribution in [2.24, 2.45) is 0 Å². The molecule has 0 unspecified atom stereocenters. The van der Waals surface area contributed by atoms with Crippen LogP contribution in [0.2, 0.25) is 0 Å². The van der Waals surface area contributed by atoms with E-state index in [0.29, 0.717) is 0 Å². The fraction of sp³-hybridized carbons (Fsp3) is 0.0588. The lowest BCUT2D eigenvalue weighted by molar-refractivity contribution is 1.13.